The number of carbonyl (C=O) groups is 2. The Morgan fingerprint density at radius 1 is 0.783 bits per heavy atom. The minimum atomic E-state index is -0.694. The minimum absolute atomic E-state index is 0.161. The Kier molecular flexibility index (Phi) is 4.78. The zero-order chi connectivity index (χ0) is 17.0. The maximum absolute atomic E-state index is 12.9. The van der Waals surface area contributed by atoms with Crippen LogP contribution in [0.5, 0.6) is 0 Å². The van der Waals surface area contributed by atoms with E-state index in [-0.39, 0.29) is 11.8 Å². The summed E-state index contributed by atoms with van der Waals surface area (Å²) in [7, 11) is 1.53. The number of anilines is 2. The van der Waals surface area contributed by atoms with Gasteiger partial charge in [0.15, 0.2) is 0 Å². The second-order valence-corrected chi connectivity index (χ2v) is 5.38. The van der Waals surface area contributed by atoms with Crippen molar-refractivity contribution < 1.29 is 9.59 Å². The van der Waals surface area contributed by atoms with Crippen molar-refractivity contribution in [1.29, 1.82) is 0 Å². The van der Waals surface area contributed by atoms with Crippen LogP contribution in [0, 0.1) is 5.21 Å². The van der Waals surface area contributed by atoms with Crippen LogP contribution in [-0.2, 0) is 9.59 Å². The SMILES string of the molecule is CC(=O)Nc1ccc([N+](C)([O-])c2ccc(NC(C)=O)cc2)cc1. The summed E-state index contributed by atoms with van der Waals surface area (Å²) in [6.45, 7) is 2.86. The monoisotopic (exact) mass is 313 g/mol. The molecule has 0 radical (unpaired) electrons. The first kappa shape index (κ1) is 16.7. The predicted octanol–water partition coefficient (Wildman–Crippen LogP) is 3.37. The van der Waals surface area contributed by atoms with Gasteiger partial charge in [0.05, 0.1) is 7.05 Å². The molecular formula is C17H19N3O3. The van der Waals surface area contributed by atoms with Crippen molar-refractivity contribution in [3.05, 3.63) is 53.7 Å². The molecule has 0 saturated heterocycles. The molecule has 0 bridgehead atoms. The third-order valence-electron chi connectivity index (χ3n) is 3.36. The second-order valence-electron chi connectivity index (χ2n) is 5.38. The maximum Gasteiger partial charge on any atom is 0.221 e. The van der Waals surface area contributed by atoms with Gasteiger partial charge in [-0.2, -0.15) is 0 Å². The van der Waals surface area contributed by atoms with Crippen LogP contribution in [0.4, 0.5) is 22.7 Å². The normalized spacial score (nSPS) is 11.0. The zero-order valence-corrected chi connectivity index (χ0v) is 13.3. The fourth-order valence-electron chi connectivity index (χ4n) is 2.21. The van der Waals surface area contributed by atoms with Crippen molar-refractivity contribution in [2.24, 2.45) is 0 Å². The predicted molar refractivity (Wildman–Crippen MR) is 92.2 cm³/mol. The van der Waals surface area contributed by atoms with Gasteiger partial charge in [0.2, 0.25) is 11.8 Å². The second kappa shape index (κ2) is 6.60. The van der Waals surface area contributed by atoms with Crippen LogP contribution in [0.2, 0.25) is 0 Å². The molecule has 6 nitrogen and oxygen atoms in total. The Hall–Kier alpha value is -2.70. The van der Waals surface area contributed by atoms with E-state index in [0.717, 1.165) is 0 Å². The summed E-state index contributed by atoms with van der Waals surface area (Å²) < 4.78 is -0.694. The molecule has 0 saturated carbocycles. The van der Waals surface area contributed by atoms with Crippen LogP contribution in [0.25, 0.3) is 0 Å². The molecule has 0 aliphatic rings. The number of amides is 2. The lowest BCUT2D eigenvalue weighted by molar-refractivity contribution is -0.115. The topological polar surface area (TPSA) is 81.3 Å². The Morgan fingerprint density at radius 3 is 1.35 bits per heavy atom. The van der Waals surface area contributed by atoms with Crippen LogP contribution in [0.1, 0.15) is 13.8 Å². The zero-order valence-electron chi connectivity index (χ0n) is 13.3. The number of rotatable bonds is 4. The Bertz CT molecular complexity index is 645. The largest absolute Gasteiger partial charge is 0.622 e. The summed E-state index contributed by atoms with van der Waals surface area (Å²) in [5.74, 6) is -0.323. The Balaban J connectivity index is 2.23. The Morgan fingerprint density at radius 2 is 1.09 bits per heavy atom. The molecule has 23 heavy (non-hydrogen) atoms. The lowest BCUT2D eigenvalue weighted by Gasteiger charge is -2.37. The van der Waals surface area contributed by atoms with Crippen LogP contribution >= 0.6 is 0 Å². The number of quaternary nitrogens is 1. The van der Waals surface area contributed by atoms with Crippen molar-refractivity contribution in [3.8, 4) is 0 Å². The fourth-order valence-corrected chi connectivity index (χ4v) is 2.21. The van der Waals surface area contributed by atoms with E-state index < -0.39 is 4.65 Å². The summed E-state index contributed by atoms with van der Waals surface area (Å²) in [6, 6.07) is 13.5. The molecule has 120 valence electrons. The number of hydroxylamine groups is 1. The van der Waals surface area contributed by atoms with E-state index in [9.17, 15) is 14.8 Å². The molecule has 2 amide bonds. The van der Waals surface area contributed by atoms with Gasteiger partial charge in [0.25, 0.3) is 0 Å². The summed E-state index contributed by atoms with van der Waals surface area (Å²) >= 11 is 0. The molecule has 0 heterocycles. The van der Waals surface area contributed by atoms with E-state index in [0.29, 0.717) is 22.7 Å². The van der Waals surface area contributed by atoms with E-state index >= 15 is 0 Å². The van der Waals surface area contributed by atoms with Crippen LogP contribution in [0.15, 0.2) is 48.5 Å². The lowest BCUT2D eigenvalue weighted by Crippen LogP contribution is -2.31. The molecule has 0 unspecified atom stereocenters. The van der Waals surface area contributed by atoms with Crippen molar-refractivity contribution in [3.63, 3.8) is 0 Å². The van der Waals surface area contributed by atoms with Crippen molar-refractivity contribution in [2.75, 3.05) is 17.7 Å². The minimum Gasteiger partial charge on any atom is -0.622 e. The van der Waals surface area contributed by atoms with Gasteiger partial charge < -0.3 is 15.8 Å². The van der Waals surface area contributed by atoms with Gasteiger partial charge >= 0.3 is 0 Å². The molecule has 2 aromatic rings. The van der Waals surface area contributed by atoms with E-state index in [1.54, 1.807) is 48.5 Å². The number of hydrogen-bond acceptors (Lipinski definition) is 3. The van der Waals surface area contributed by atoms with Crippen molar-refractivity contribution >= 4 is 34.6 Å². The van der Waals surface area contributed by atoms with Gasteiger partial charge in [0.1, 0.15) is 11.4 Å². The number of nitrogens with one attached hydrogen (secondary N) is 2. The first-order valence-corrected chi connectivity index (χ1v) is 7.13. The standard InChI is InChI=1S/C17H19N3O3/c1-12(21)18-14-4-8-16(9-5-14)20(3,23)17-10-6-15(7-11-17)19-13(2)22/h4-11H,1-3H3,(H,18,21)(H,19,22). The molecule has 6 heteroatoms. The molecule has 0 fully saturated rings. The highest BCUT2D eigenvalue weighted by atomic mass is 16.5. The summed E-state index contributed by atoms with van der Waals surface area (Å²) in [6.07, 6.45) is 0. The maximum atomic E-state index is 12.9. The van der Waals surface area contributed by atoms with E-state index in [1.165, 1.54) is 20.9 Å². The van der Waals surface area contributed by atoms with Gasteiger partial charge in [-0.3, -0.25) is 14.2 Å². The first-order valence-electron chi connectivity index (χ1n) is 7.13. The molecule has 0 aromatic heterocycles. The summed E-state index contributed by atoms with van der Waals surface area (Å²) in [4.78, 5) is 22.0. The highest BCUT2D eigenvalue weighted by Gasteiger charge is 2.18. The quantitative estimate of drug-likeness (QED) is 0.670. The molecule has 0 spiro atoms. The van der Waals surface area contributed by atoms with Gasteiger partial charge in [-0.1, -0.05) is 0 Å². The number of nitrogens with zero attached hydrogens (tertiary/aromatic N) is 1. The third kappa shape index (κ3) is 4.15. The van der Waals surface area contributed by atoms with Gasteiger partial charge in [-0.15, -0.1) is 0 Å². The van der Waals surface area contributed by atoms with E-state index in [2.05, 4.69) is 10.6 Å². The molecule has 0 aliphatic carbocycles. The summed E-state index contributed by atoms with van der Waals surface area (Å²) in [5, 5.41) is 18.3. The van der Waals surface area contributed by atoms with Crippen molar-refractivity contribution in [1.82, 2.24) is 4.65 Å². The molecule has 0 aliphatic heterocycles. The van der Waals surface area contributed by atoms with Crippen LogP contribution < -0.4 is 15.3 Å². The lowest BCUT2D eigenvalue weighted by atomic mass is 10.2. The van der Waals surface area contributed by atoms with E-state index in [1.807, 2.05) is 0 Å². The van der Waals surface area contributed by atoms with Gasteiger partial charge in [-0.25, -0.2) is 0 Å². The first-order chi connectivity index (χ1) is 10.8. The summed E-state index contributed by atoms with van der Waals surface area (Å²) in [5.41, 5.74) is 2.35. The fraction of sp³-hybridized carbons (Fsp3) is 0.176. The molecule has 2 aromatic carbocycles. The highest BCUT2D eigenvalue weighted by Crippen LogP contribution is 2.32. The number of carbonyl (C=O) groups excluding carboxylic acids is 2. The smallest absolute Gasteiger partial charge is 0.221 e. The average Bonchev–Trinajstić information content (AvgIpc) is 2.47. The van der Waals surface area contributed by atoms with E-state index in [4.69, 9.17) is 0 Å². The Labute approximate surface area is 134 Å². The van der Waals surface area contributed by atoms with Crippen molar-refractivity contribution in [2.45, 2.75) is 13.8 Å². The highest BCUT2D eigenvalue weighted by molar-refractivity contribution is 5.89. The average molecular weight is 313 g/mol. The molecule has 2 rings (SSSR count). The van der Waals surface area contributed by atoms with Gasteiger partial charge in [0, 0.05) is 49.5 Å². The number of hydrogen-bond donors (Lipinski definition) is 2. The molecular weight excluding hydrogens is 294 g/mol. The molecule has 2 N–H and O–H groups in total. The molecule has 0 atom stereocenters. The third-order valence-corrected chi connectivity index (χ3v) is 3.36. The van der Waals surface area contributed by atoms with Crippen LogP contribution in [0.3, 0.4) is 0 Å². The van der Waals surface area contributed by atoms with Crippen LogP contribution in [-0.4, -0.2) is 18.9 Å². The number of benzene rings is 2. The van der Waals surface area contributed by atoms with Gasteiger partial charge in [-0.05, 0) is 24.3 Å².